The van der Waals surface area contributed by atoms with Crippen LogP contribution < -0.4 is 5.32 Å². The number of hydrogen-bond acceptors (Lipinski definition) is 4. The largest absolute Gasteiger partial charge is 0.369 e. The third-order valence-electron chi connectivity index (χ3n) is 1.62. The molecule has 1 aromatic rings. The number of thioether (sulfide) groups is 1. The lowest BCUT2D eigenvalue weighted by Crippen LogP contribution is -2.06. The quantitative estimate of drug-likeness (QED) is 0.474. The van der Waals surface area contributed by atoms with Crippen molar-refractivity contribution in [2.75, 3.05) is 23.4 Å². The van der Waals surface area contributed by atoms with Crippen LogP contribution >= 0.6 is 23.4 Å². The van der Waals surface area contributed by atoms with E-state index in [1.165, 1.54) is 0 Å². The zero-order valence-corrected chi connectivity index (χ0v) is 10.2. The highest BCUT2D eigenvalue weighted by Crippen LogP contribution is 2.09. The Morgan fingerprint density at radius 3 is 3.07 bits per heavy atom. The highest BCUT2D eigenvalue weighted by molar-refractivity contribution is 7.99. The Hall–Kier alpha value is -0.740. The van der Waals surface area contributed by atoms with Crippen LogP contribution in [0.1, 0.15) is 5.69 Å². The monoisotopic (exact) mass is 243 g/mol. The molecule has 0 aliphatic carbocycles. The molecule has 0 aliphatic rings. The van der Waals surface area contributed by atoms with Crippen LogP contribution in [0.5, 0.6) is 0 Å². The summed E-state index contributed by atoms with van der Waals surface area (Å²) >= 11 is 7.56. The van der Waals surface area contributed by atoms with Gasteiger partial charge in [0.05, 0.1) is 0 Å². The van der Waals surface area contributed by atoms with Crippen LogP contribution in [0.25, 0.3) is 0 Å². The predicted octanol–water partition coefficient (Wildman–Crippen LogP) is 2.77. The van der Waals surface area contributed by atoms with E-state index in [4.69, 9.17) is 11.6 Å². The summed E-state index contributed by atoms with van der Waals surface area (Å²) in [5.41, 5.74) is 0.872. The summed E-state index contributed by atoms with van der Waals surface area (Å²) in [6.45, 7) is 6.42. The highest BCUT2D eigenvalue weighted by Gasteiger charge is 1.98. The third kappa shape index (κ3) is 5.04. The van der Waals surface area contributed by atoms with Crippen molar-refractivity contribution in [3.63, 3.8) is 0 Å². The lowest BCUT2D eigenvalue weighted by molar-refractivity contribution is 1.08. The minimum Gasteiger partial charge on any atom is -0.369 e. The number of nitrogens with one attached hydrogen (secondary N) is 1. The van der Waals surface area contributed by atoms with Crippen LogP contribution in [0, 0.1) is 6.92 Å². The minimum atomic E-state index is 0.288. The number of aryl methyl sites for hydroxylation is 1. The summed E-state index contributed by atoms with van der Waals surface area (Å²) in [5.74, 6) is 2.78. The molecule has 0 spiro atoms. The van der Waals surface area contributed by atoms with E-state index in [0.29, 0.717) is 0 Å². The van der Waals surface area contributed by atoms with Crippen molar-refractivity contribution in [2.45, 2.75) is 6.92 Å². The Labute approximate surface area is 99.3 Å². The zero-order valence-electron chi connectivity index (χ0n) is 8.66. The molecule has 0 atom stereocenters. The molecule has 0 aliphatic heterocycles. The second kappa shape index (κ2) is 6.69. The Bertz CT molecular complexity index is 310. The topological polar surface area (TPSA) is 37.8 Å². The van der Waals surface area contributed by atoms with Gasteiger partial charge in [-0.25, -0.2) is 9.97 Å². The van der Waals surface area contributed by atoms with Gasteiger partial charge in [0.15, 0.2) is 0 Å². The van der Waals surface area contributed by atoms with Crippen LogP contribution in [0.15, 0.2) is 18.7 Å². The lowest BCUT2D eigenvalue weighted by atomic mass is 10.4. The number of hydrogen-bond donors (Lipinski definition) is 1. The van der Waals surface area contributed by atoms with E-state index >= 15 is 0 Å². The first-order chi connectivity index (χ1) is 7.22. The number of anilines is 1. The molecule has 1 N–H and O–H groups in total. The molecule has 5 heteroatoms. The second-order valence-electron chi connectivity index (χ2n) is 2.95. The summed E-state index contributed by atoms with van der Waals surface area (Å²) in [5, 5.41) is 3.48. The molecule has 1 heterocycles. The molecule has 0 unspecified atom stereocenters. The van der Waals surface area contributed by atoms with Crippen molar-refractivity contribution in [3.8, 4) is 0 Å². The molecule has 0 aromatic carbocycles. The SMILES string of the molecule is C=CCSCCNc1cc(C)nc(Cl)n1. The molecule has 0 fully saturated rings. The van der Waals surface area contributed by atoms with Gasteiger partial charge in [-0.05, 0) is 18.5 Å². The van der Waals surface area contributed by atoms with Gasteiger partial charge in [-0.2, -0.15) is 11.8 Å². The molecule has 0 amide bonds. The Morgan fingerprint density at radius 2 is 2.40 bits per heavy atom. The minimum absolute atomic E-state index is 0.288. The van der Waals surface area contributed by atoms with Crippen LogP contribution in [0.4, 0.5) is 5.82 Å². The molecule has 3 nitrogen and oxygen atoms in total. The molecular weight excluding hydrogens is 230 g/mol. The van der Waals surface area contributed by atoms with E-state index in [1.54, 1.807) is 0 Å². The van der Waals surface area contributed by atoms with Crippen molar-refractivity contribution >= 4 is 29.2 Å². The van der Waals surface area contributed by atoms with Gasteiger partial charge < -0.3 is 5.32 Å². The van der Waals surface area contributed by atoms with E-state index in [2.05, 4.69) is 21.9 Å². The predicted molar refractivity (Wildman–Crippen MR) is 67.8 cm³/mol. The molecule has 0 saturated carbocycles. The van der Waals surface area contributed by atoms with Crippen molar-refractivity contribution in [3.05, 3.63) is 29.7 Å². The van der Waals surface area contributed by atoms with Crippen molar-refractivity contribution < 1.29 is 0 Å². The van der Waals surface area contributed by atoms with Gasteiger partial charge in [0.1, 0.15) is 5.82 Å². The summed E-state index contributed by atoms with van der Waals surface area (Å²) < 4.78 is 0. The maximum atomic E-state index is 5.73. The van der Waals surface area contributed by atoms with Gasteiger partial charge in [-0.1, -0.05) is 6.08 Å². The van der Waals surface area contributed by atoms with Crippen molar-refractivity contribution in [1.29, 1.82) is 0 Å². The van der Waals surface area contributed by atoms with Crippen molar-refractivity contribution in [2.24, 2.45) is 0 Å². The van der Waals surface area contributed by atoms with Gasteiger partial charge in [0, 0.05) is 29.8 Å². The summed E-state index contributed by atoms with van der Waals surface area (Å²) in [7, 11) is 0. The van der Waals surface area contributed by atoms with Gasteiger partial charge in [-0.15, -0.1) is 6.58 Å². The van der Waals surface area contributed by atoms with Gasteiger partial charge in [0.2, 0.25) is 5.28 Å². The summed E-state index contributed by atoms with van der Waals surface area (Å²) in [4.78, 5) is 8.05. The first kappa shape index (κ1) is 12.3. The van der Waals surface area contributed by atoms with Gasteiger partial charge in [0.25, 0.3) is 0 Å². The number of aromatic nitrogens is 2. The van der Waals surface area contributed by atoms with Crippen LogP contribution in [0.3, 0.4) is 0 Å². The van der Waals surface area contributed by atoms with Gasteiger partial charge >= 0.3 is 0 Å². The van der Waals surface area contributed by atoms with Crippen LogP contribution in [0.2, 0.25) is 5.28 Å². The number of halogens is 1. The van der Waals surface area contributed by atoms with Crippen LogP contribution in [-0.4, -0.2) is 28.0 Å². The average Bonchev–Trinajstić information content (AvgIpc) is 2.16. The molecule has 0 radical (unpaired) electrons. The van der Waals surface area contributed by atoms with E-state index in [1.807, 2.05) is 30.8 Å². The highest BCUT2D eigenvalue weighted by atomic mass is 35.5. The zero-order chi connectivity index (χ0) is 11.1. The van der Waals surface area contributed by atoms with Crippen LogP contribution in [-0.2, 0) is 0 Å². The molecule has 1 rings (SSSR count). The van der Waals surface area contributed by atoms with Gasteiger partial charge in [-0.3, -0.25) is 0 Å². The third-order valence-corrected chi connectivity index (χ3v) is 2.75. The molecule has 0 saturated heterocycles. The van der Waals surface area contributed by atoms with E-state index < -0.39 is 0 Å². The molecule has 15 heavy (non-hydrogen) atoms. The van der Waals surface area contributed by atoms with Crippen molar-refractivity contribution in [1.82, 2.24) is 9.97 Å². The number of nitrogens with zero attached hydrogens (tertiary/aromatic N) is 2. The average molecular weight is 244 g/mol. The lowest BCUT2D eigenvalue weighted by Gasteiger charge is -2.05. The van der Waals surface area contributed by atoms with E-state index in [0.717, 1.165) is 29.6 Å². The summed E-state index contributed by atoms with van der Waals surface area (Å²) in [6, 6.07) is 1.88. The molecule has 1 aromatic heterocycles. The fourth-order valence-corrected chi connectivity index (χ4v) is 1.84. The van der Waals surface area contributed by atoms with E-state index in [-0.39, 0.29) is 5.28 Å². The maximum Gasteiger partial charge on any atom is 0.224 e. The fraction of sp³-hybridized carbons (Fsp3) is 0.400. The molecule has 82 valence electrons. The molecular formula is C10H14ClN3S. The Kier molecular flexibility index (Phi) is 5.50. The van der Waals surface area contributed by atoms with E-state index in [9.17, 15) is 0 Å². The molecule has 0 bridgehead atoms. The Morgan fingerprint density at radius 1 is 1.60 bits per heavy atom. The first-order valence-electron chi connectivity index (χ1n) is 4.66. The Balaban J connectivity index is 2.33. The second-order valence-corrected chi connectivity index (χ2v) is 4.44. The number of rotatable bonds is 6. The smallest absolute Gasteiger partial charge is 0.224 e. The first-order valence-corrected chi connectivity index (χ1v) is 6.19. The fourth-order valence-electron chi connectivity index (χ4n) is 1.04. The normalized spacial score (nSPS) is 10.0. The maximum absolute atomic E-state index is 5.73. The standard InChI is InChI=1S/C10H14ClN3S/c1-3-5-15-6-4-12-9-7-8(2)13-10(11)14-9/h3,7H,1,4-6H2,2H3,(H,12,13,14). The summed E-state index contributed by atoms with van der Waals surface area (Å²) in [6.07, 6.45) is 1.90.